The molecular weight excluding hydrogens is 554 g/mol. The number of pyridine rings is 2. The SMILES string of the molecule is COC(=O)CNC(=O)[C@H](CCCCNC(=O)Cn1ccc(-c2ccccn2)n1)NC(=O)Cn1ccc(-c2ccccn2)n1. The molecule has 43 heavy (non-hydrogen) atoms. The third-order valence-electron chi connectivity index (χ3n) is 6.28. The summed E-state index contributed by atoms with van der Waals surface area (Å²) in [7, 11) is 1.22. The minimum Gasteiger partial charge on any atom is -0.468 e. The summed E-state index contributed by atoms with van der Waals surface area (Å²) in [5.41, 5.74) is 2.68. The molecule has 0 spiro atoms. The lowest BCUT2D eigenvalue weighted by molar-refractivity contribution is -0.141. The number of aromatic nitrogens is 6. The van der Waals surface area contributed by atoms with Gasteiger partial charge in [-0.1, -0.05) is 12.1 Å². The first-order valence-electron chi connectivity index (χ1n) is 13.7. The van der Waals surface area contributed by atoms with Crippen LogP contribution in [0.5, 0.6) is 0 Å². The highest BCUT2D eigenvalue weighted by Gasteiger charge is 2.21. The Kier molecular flexibility index (Phi) is 11.1. The highest BCUT2D eigenvalue weighted by molar-refractivity contribution is 5.89. The first kappa shape index (κ1) is 30.6. The summed E-state index contributed by atoms with van der Waals surface area (Å²) in [6.45, 7) is -0.00284. The van der Waals surface area contributed by atoms with E-state index in [1.165, 1.54) is 16.5 Å². The average Bonchev–Trinajstić information content (AvgIpc) is 3.69. The number of esters is 1. The van der Waals surface area contributed by atoms with E-state index in [-0.39, 0.29) is 25.5 Å². The third-order valence-corrected chi connectivity index (χ3v) is 6.28. The Bertz CT molecular complexity index is 1500. The molecule has 3 amide bonds. The third kappa shape index (κ3) is 9.59. The topological polar surface area (TPSA) is 175 Å². The van der Waals surface area contributed by atoms with Crippen molar-refractivity contribution in [1.82, 2.24) is 45.5 Å². The van der Waals surface area contributed by atoms with Crippen LogP contribution in [0.2, 0.25) is 0 Å². The number of ether oxygens (including phenoxy) is 1. The van der Waals surface area contributed by atoms with Gasteiger partial charge in [0.05, 0.1) is 18.5 Å². The fraction of sp³-hybridized carbons (Fsp3) is 0.310. The van der Waals surface area contributed by atoms with Gasteiger partial charge in [-0.2, -0.15) is 10.2 Å². The molecule has 3 N–H and O–H groups in total. The van der Waals surface area contributed by atoms with E-state index in [1.54, 1.807) is 43.0 Å². The maximum absolute atomic E-state index is 12.8. The molecule has 0 saturated heterocycles. The van der Waals surface area contributed by atoms with Crippen LogP contribution in [0, 0.1) is 0 Å². The quantitative estimate of drug-likeness (QED) is 0.135. The average molecular weight is 588 g/mol. The number of rotatable bonds is 15. The fourth-order valence-corrected chi connectivity index (χ4v) is 4.12. The van der Waals surface area contributed by atoms with Crippen LogP contribution in [0.25, 0.3) is 22.8 Å². The summed E-state index contributed by atoms with van der Waals surface area (Å²) in [5.74, 6) is -1.75. The Morgan fingerprint density at radius 1 is 0.767 bits per heavy atom. The van der Waals surface area contributed by atoms with E-state index in [1.807, 2.05) is 30.3 Å². The van der Waals surface area contributed by atoms with Gasteiger partial charge in [0.25, 0.3) is 0 Å². The van der Waals surface area contributed by atoms with E-state index >= 15 is 0 Å². The Balaban J connectivity index is 1.23. The number of nitrogens with zero attached hydrogens (tertiary/aromatic N) is 6. The largest absolute Gasteiger partial charge is 0.468 e. The van der Waals surface area contributed by atoms with Crippen LogP contribution in [0.1, 0.15) is 19.3 Å². The summed E-state index contributed by atoms with van der Waals surface area (Å²) in [6.07, 6.45) is 8.08. The van der Waals surface area contributed by atoms with Crippen LogP contribution in [-0.2, 0) is 37.0 Å². The van der Waals surface area contributed by atoms with Crippen molar-refractivity contribution in [2.75, 3.05) is 20.2 Å². The standard InChI is InChI=1S/C29H33N9O5/c1-43-28(41)18-33-29(42)25(34-27(40)20-38-17-12-24(36-38)22-9-3-6-14-31-22)10-4-7-15-32-26(39)19-37-16-11-23(35-37)21-8-2-5-13-30-21/h2-3,5-6,8-9,11-14,16-17,25H,4,7,10,15,18-20H2,1H3,(H,32,39)(H,33,42)(H,34,40)/t25-/m0/s1. The zero-order valence-electron chi connectivity index (χ0n) is 23.7. The number of unbranched alkanes of at least 4 members (excludes halogenated alkanes) is 1. The van der Waals surface area contributed by atoms with Crippen molar-refractivity contribution in [2.45, 2.75) is 38.4 Å². The predicted octanol–water partition coefficient (Wildman–Crippen LogP) is 0.964. The second-order valence-corrected chi connectivity index (χ2v) is 9.49. The van der Waals surface area contributed by atoms with Crippen LogP contribution >= 0.6 is 0 Å². The molecule has 4 heterocycles. The maximum Gasteiger partial charge on any atom is 0.325 e. The van der Waals surface area contributed by atoms with E-state index < -0.39 is 23.8 Å². The number of hydrogen-bond acceptors (Lipinski definition) is 9. The van der Waals surface area contributed by atoms with Crippen molar-refractivity contribution in [2.24, 2.45) is 0 Å². The lowest BCUT2D eigenvalue weighted by Gasteiger charge is -2.18. The van der Waals surface area contributed by atoms with Gasteiger partial charge in [0, 0.05) is 31.3 Å². The second-order valence-electron chi connectivity index (χ2n) is 9.49. The summed E-state index contributed by atoms with van der Waals surface area (Å²) in [4.78, 5) is 57.9. The van der Waals surface area contributed by atoms with Gasteiger partial charge in [0.15, 0.2) is 0 Å². The Labute approximate surface area is 247 Å². The van der Waals surface area contributed by atoms with Crippen LogP contribution in [0.15, 0.2) is 73.3 Å². The molecular formula is C29H33N9O5. The highest BCUT2D eigenvalue weighted by atomic mass is 16.5. The molecule has 4 rings (SSSR count). The Hall–Kier alpha value is -5.40. The summed E-state index contributed by atoms with van der Waals surface area (Å²) in [5, 5.41) is 16.8. The molecule has 14 heteroatoms. The van der Waals surface area contributed by atoms with Gasteiger partial charge in [-0.3, -0.25) is 38.5 Å². The number of carbonyl (C=O) groups is 4. The van der Waals surface area contributed by atoms with Crippen LogP contribution in [-0.4, -0.2) is 79.5 Å². The van der Waals surface area contributed by atoms with Crippen LogP contribution in [0.4, 0.5) is 0 Å². The van der Waals surface area contributed by atoms with Crippen molar-refractivity contribution in [3.8, 4) is 22.8 Å². The normalized spacial score (nSPS) is 11.4. The van der Waals surface area contributed by atoms with Gasteiger partial charge in [0.1, 0.15) is 37.1 Å². The van der Waals surface area contributed by atoms with Crippen molar-refractivity contribution in [3.63, 3.8) is 0 Å². The van der Waals surface area contributed by atoms with Gasteiger partial charge in [0.2, 0.25) is 17.7 Å². The molecule has 0 aromatic carbocycles. The smallest absolute Gasteiger partial charge is 0.325 e. The van der Waals surface area contributed by atoms with Crippen molar-refractivity contribution >= 4 is 23.7 Å². The summed E-state index contributed by atoms with van der Waals surface area (Å²) in [6, 6.07) is 13.6. The highest BCUT2D eigenvalue weighted by Crippen LogP contribution is 2.13. The molecule has 0 aliphatic rings. The van der Waals surface area contributed by atoms with E-state index in [9.17, 15) is 19.2 Å². The molecule has 0 radical (unpaired) electrons. The van der Waals surface area contributed by atoms with Crippen molar-refractivity contribution in [3.05, 3.63) is 73.3 Å². The van der Waals surface area contributed by atoms with E-state index in [2.05, 4.69) is 40.9 Å². The molecule has 14 nitrogen and oxygen atoms in total. The lowest BCUT2D eigenvalue weighted by atomic mass is 10.1. The Morgan fingerprint density at radius 2 is 1.37 bits per heavy atom. The molecule has 0 aliphatic heterocycles. The molecule has 1 atom stereocenters. The number of nitrogens with one attached hydrogen (secondary N) is 3. The van der Waals surface area contributed by atoms with Gasteiger partial charge in [-0.15, -0.1) is 0 Å². The van der Waals surface area contributed by atoms with Gasteiger partial charge in [-0.25, -0.2) is 0 Å². The summed E-state index contributed by atoms with van der Waals surface area (Å²) < 4.78 is 7.57. The minimum atomic E-state index is -0.896. The lowest BCUT2D eigenvalue weighted by Crippen LogP contribution is -2.48. The van der Waals surface area contributed by atoms with Crippen molar-refractivity contribution in [1.29, 1.82) is 0 Å². The number of methoxy groups -OCH3 is 1. The second kappa shape index (κ2) is 15.6. The first-order chi connectivity index (χ1) is 20.9. The van der Waals surface area contributed by atoms with Gasteiger partial charge in [-0.05, 0) is 55.7 Å². The molecule has 0 saturated carbocycles. The fourth-order valence-electron chi connectivity index (χ4n) is 4.12. The molecule has 4 aromatic rings. The summed E-state index contributed by atoms with van der Waals surface area (Å²) >= 11 is 0. The maximum atomic E-state index is 12.8. The Morgan fingerprint density at radius 3 is 1.93 bits per heavy atom. The number of carbonyl (C=O) groups excluding carboxylic acids is 4. The van der Waals surface area contributed by atoms with Crippen molar-refractivity contribution < 1.29 is 23.9 Å². The van der Waals surface area contributed by atoms with E-state index in [0.717, 1.165) is 5.69 Å². The number of hydrogen-bond donors (Lipinski definition) is 3. The molecule has 4 aromatic heterocycles. The molecule has 0 aliphatic carbocycles. The molecule has 224 valence electrons. The zero-order chi connectivity index (χ0) is 30.4. The van der Waals surface area contributed by atoms with Gasteiger partial charge >= 0.3 is 5.97 Å². The molecule has 0 bridgehead atoms. The zero-order valence-corrected chi connectivity index (χ0v) is 23.7. The van der Waals surface area contributed by atoms with E-state index in [0.29, 0.717) is 42.9 Å². The molecule has 0 fully saturated rings. The van der Waals surface area contributed by atoms with Gasteiger partial charge < -0.3 is 20.7 Å². The van der Waals surface area contributed by atoms with E-state index in [4.69, 9.17) is 0 Å². The number of amides is 3. The minimum absolute atomic E-state index is 0.0525. The van der Waals surface area contributed by atoms with Crippen LogP contribution in [0.3, 0.4) is 0 Å². The molecule has 0 unspecified atom stereocenters. The monoisotopic (exact) mass is 587 g/mol. The van der Waals surface area contributed by atoms with Crippen LogP contribution < -0.4 is 16.0 Å². The first-order valence-corrected chi connectivity index (χ1v) is 13.7. The predicted molar refractivity (Wildman–Crippen MR) is 155 cm³/mol.